The molecule has 0 atom stereocenters. The Balaban J connectivity index is 0.000000344. The summed E-state index contributed by atoms with van der Waals surface area (Å²) in [5, 5.41) is 0. The Morgan fingerprint density at radius 1 is 1.32 bits per heavy atom. The van der Waals surface area contributed by atoms with Gasteiger partial charge in [0.25, 0.3) is 0 Å². The molecule has 1 aromatic rings. The molecule has 0 spiro atoms. The summed E-state index contributed by atoms with van der Waals surface area (Å²) in [6.45, 7) is 12.6. The molecule has 0 amide bonds. The first-order valence-corrected chi connectivity index (χ1v) is 6.97. The monoisotopic (exact) mass is 265 g/mol. The Bertz CT molecular complexity index is 373. The van der Waals surface area contributed by atoms with E-state index >= 15 is 0 Å². The van der Waals surface area contributed by atoms with Crippen LogP contribution in [0.5, 0.6) is 0 Å². The zero-order chi connectivity index (χ0) is 14.8. The SMILES string of the molecule is CCCOC(=O)C(C)C.Cc1cc(C(C)C)ccn1. The van der Waals surface area contributed by atoms with E-state index in [0.717, 1.165) is 12.1 Å². The molecule has 0 radical (unpaired) electrons. The molecule has 108 valence electrons. The van der Waals surface area contributed by atoms with Gasteiger partial charge in [-0.25, -0.2) is 0 Å². The number of pyridine rings is 1. The predicted octanol–water partition coefficient (Wildman–Crippen LogP) is 4.11. The number of carbonyl (C=O) groups excluding carboxylic acids is 1. The van der Waals surface area contributed by atoms with E-state index in [0.29, 0.717) is 12.5 Å². The van der Waals surface area contributed by atoms with Crippen molar-refractivity contribution in [2.75, 3.05) is 6.61 Å². The van der Waals surface area contributed by atoms with Gasteiger partial charge in [0.05, 0.1) is 12.5 Å². The summed E-state index contributed by atoms with van der Waals surface area (Å²) in [6.07, 6.45) is 2.77. The van der Waals surface area contributed by atoms with E-state index < -0.39 is 0 Å². The lowest BCUT2D eigenvalue weighted by molar-refractivity contribution is -0.147. The van der Waals surface area contributed by atoms with Crippen LogP contribution < -0.4 is 0 Å². The molecule has 0 saturated heterocycles. The number of nitrogens with zero attached hydrogens (tertiary/aromatic N) is 1. The van der Waals surface area contributed by atoms with Crippen molar-refractivity contribution in [3.63, 3.8) is 0 Å². The van der Waals surface area contributed by atoms with E-state index in [9.17, 15) is 4.79 Å². The van der Waals surface area contributed by atoms with Crippen molar-refractivity contribution < 1.29 is 9.53 Å². The van der Waals surface area contributed by atoms with Crippen LogP contribution in [0.1, 0.15) is 58.2 Å². The van der Waals surface area contributed by atoms with Gasteiger partial charge in [0.2, 0.25) is 0 Å². The van der Waals surface area contributed by atoms with Gasteiger partial charge in [-0.1, -0.05) is 34.6 Å². The molecule has 1 rings (SSSR count). The van der Waals surface area contributed by atoms with Gasteiger partial charge in [-0.05, 0) is 37.0 Å². The van der Waals surface area contributed by atoms with Crippen molar-refractivity contribution in [3.05, 3.63) is 29.6 Å². The summed E-state index contributed by atoms with van der Waals surface area (Å²) in [6, 6.07) is 4.20. The molecule has 0 N–H and O–H groups in total. The quantitative estimate of drug-likeness (QED) is 0.769. The zero-order valence-electron chi connectivity index (χ0n) is 13.1. The second-order valence-electron chi connectivity index (χ2n) is 5.21. The summed E-state index contributed by atoms with van der Waals surface area (Å²) >= 11 is 0. The molecule has 1 heterocycles. The van der Waals surface area contributed by atoms with Crippen molar-refractivity contribution in [2.24, 2.45) is 5.92 Å². The average molecular weight is 265 g/mol. The van der Waals surface area contributed by atoms with Gasteiger partial charge in [0.15, 0.2) is 0 Å². The minimum atomic E-state index is -0.100. The number of hydrogen-bond donors (Lipinski definition) is 0. The van der Waals surface area contributed by atoms with E-state index in [4.69, 9.17) is 4.74 Å². The first-order valence-electron chi connectivity index (χ1n) is 6.97. The van der Waals surface area contributed by atoms with Crippen molar-refractivity contribution >= 4 is 5.97 Å². The second-order valence-corrected chi connectivity index (χ2v) is 5.21. The second kappa shape index (κ2) is 9.54. The van der Waals surface area contributed by atoms with Crippen molar-refractivity contribution in [1.29, 1.82) is 0 Å². The van der Waals surface area contributed by atoms with Crippen LogP contribution in [-0.4, -0.2) is 17.6 Å². The molecule has 3 nitrogen and oxygen atoms in total. The van der Waals surface area contributed by atoms with Crippen LogP contribution in [0.25, 0.3) is 0 Å². The maximum Gasteiger partial charge on any atom is 0.308 e. The maximum absolute atomic E-state index is 10.7. The number of hydrogen-bond acceptors (Lipinski definition) is 3. The molecule has 0 unspecified atom stereocenters. The average Bonchev–Trinajstić information content (AvgIpc) is 2.36. The molecule has 1 aromatic heterocycles. The summed E-state index contributed by atoms with van der Waals surface area (Å²) < 4.78 is 4.81. The van der Waals surface area contributed by atoms with Crippen LogP contribution in [0, 0.1) is 12.8 Å². The van der Waals surface area contributed by atoms with Gasteiger partial charge in [0.1, 0.15) is 0 Å². The van der Waals surface area contributed by atoms with Gasteiger partial charge in [0, 0.05) is 11.9 Å². The van der Waals surface area contributed by atoms with Crippen LogP contribution in [0.4, 0.5) is 0 Å². The number of esters is 1. The van der Waals surface area contributed by atoms with Crippen molar-refractivity contribution in [1.82, 2.24) is 4.98 Å². The topological polar surface area (TPSA) is 39.2 Å². The van der Waals surface area contributed by atoms with E-state index in [2.05, 4.69) is 31.0 Å². The summed E-state index contributed by atoms with van der Waals surface area (Å²) in [7, 11) is 0. The Morgan fingerprint density at radius 3 is 2.32 bits per heavy atom. The van der Waals surface area contributed by atoms with Crippen molar-refractivity contribution in [3.8, 4) is 0 Å². The van der Waals surface area contributed by atoms with E-state index in [1.165, 1.54) is 5.56 Å². The molecule has 3 heteroatoms. The zero-order valence-corrected chi connectivity index (χ0v) is 13.1. The highest BCUT2D eigenvalue weighted by Gasteiger charge is 2.05. The Labute approximate surface area is 117 Å². The lowest BCUT2D eigenvalue weighted by Crippen LogP contribution is -2.11. The highest BCUT2D eigenvalue weighted by atomic mass is 16.5. The number of ether oxygens (including phenoxy) is 1. The Hall–Kier alpha value is -1.38. The summed E-state index contributed by atoms with van der Waals surface area (Å²) in [5.41, 5.74) is 2.47. The molecular formula is C16H27NO2. The normalized spacial score (nSPS) is 10.1. The van der Waals surface area contributed by atoms with Gasteiger partial charge < -0.3 is 4.74 Å². The molecule has 19 heavy (non-hydrogen) atoms. The van der Waals surface area contributed by atoms with Gasteiger partial charge >= 0.3 is 5.97 Å². The van der Waals surface area contributed by atoms with Gasteiger partial charge in [-0.2, -0.15) is 0 Å². The third-order valence-electron chi connectivity index (χ3n) is 2.51. The molecule has 0 aromatic carbocycles. The third-order valence-corrected chi connectivity index (χ3v) is 2.51. The number of carbonyl (C=O) groups is 1. The summed E-state index contributed by atoms with van der Waals surface area (Å²) in [5.74, 6) is 0.523. The highest BCUT2D eigenvalue weighted by Crippen LogP contribution is 2.12. The largest absolute Gasteiger partial charge is 0.465 e. The molecule has 0 aliphatic rings. The van der Waals surface area contributed by atoms with Crippen LogP contribution in [0.2, 0.25) is 0 Å². The standard InChI is InChI=1S/C9H13N.C7H14O2/c1-7(2)9-4-5-10-8(3)6-9;1-4-5-9-7(8)6(2)3/h4-7H,1-3H3;6H,4-5H2,1-3H3. The van der Waals surface area contributed by atoms with E-state index in [-0.39, 0.29) is 11.9 Å². The first kappa shape index (κ1) is 17.6. The fraction of sp³-hybridized carbons (Fsp3) is 0.625. The predicted molar refractivity (Wildman–Crippen MR) is 79.2 cm³/mol. The third kappa shape index (κ3) is 8.36. The van der Waals surface area contributed by atoms with Crippen LogP contribution >= 0.6 is 0 Å². The van der Waals surface area contributed by atoms with Gasteiger partial charge in [-0.15, -0.1) is 0 Å². The number of aromatic nitrogens is 1. The lowest BCUT2D eigenvalue weighted by atomic mass is 10.0. The number of rotatable bonds is 4. The highest BCUT2D eigenvalue weighted by molar-refractivity contribution is 5.71. The van der Waals surface area contributed by atoms with Crippen LogP contribution in [-0.2, 0) is 9.53 Å². The molecule has 0 fully saturated rings. The minimum absolute atomic E-state index is 0.0107. The number of aryl methyl sites for hydroxylation is 1. The van der Waals surface area contributed by atoms with Crippen molar-refractivity contribution in [2.45, 2.75) is 53.9 Å². The molecule has 0 aliphatic heterocycles. The Kier molecular flexibility index (Phi) is 8.84. The lowest BCUT2D eigenvalue weighted by Gasteiger charge is -2.03. The molecule has 0 bridgehead atoms. The fourth-order valence-electron chi connectivity index (χ4n) is 1.30. The van der Waals surface area contributed by atoms with E-state index in [1.54, 1.807) is 0 Å². The Morgan fingerprint density at radius 2 is 1.95 bits per heavy atom. The maximum atomic E-state index is 10.7. The van der Waals surface area contributed by atoms with Crippen LogP contribution in [0.3, 0.4) is 0 Å². The molecular weight excluding hydrogens is 238 g/mol. The summed E-state index contributed by atoms with van der Waals surface area (Å²) in [4.78, 5) is 14.8. The fourth-order valence-corrected chi connectivity index (χ4v) is 1.30. The smallest absolute Gasteiger partial charge is 0.308 e. The van der Waals surface area contributed by atoms with E-state index in [1.807, 2.05) is 33.9 Å². The van der Waals surface area contributed by atoms with Crippen LogP contribution in [0.15, 0.2) is 18.3 Å². The molecule has 0 aliphatic carbocycles. The minimum Gasteiger partial charge on any atom is -0.465 e. The molecule has 0 saturated carbocycles. The van der Waals surface area contributed by atoms with Gasteiger partial charge in [-0.3, -0.25) is 9.78 Å². The first-order chi connectivity index (χ1) is 8.88.